The third-order valence-corrected chi connectivity index (χ3v) is 3.61. The van der Waals surface area contributed by atoms with E-state index in [1.165, 1.54) is 0 Å². The maximum atomic E-state index is 11.1. The highest BCUT2D eigenvalue weighted by Gasteiger charge is 2.05. The van der Waals surface area contributed by atoms with E-state index in [9.17, 15) is 9.32 Å². The number of phenols is 1. The molecule has 2 N–H and O–H groups in total. The van der Waals surface area contributed by atoms with Gasteiger partial charge in [0, 0.05) is 41.0 Å². The van der Waals surface area contributed by atoms with Crippen LogP contribution in [0.1, 0.15) is 12.5 Å². The molecule has 84 valence electrons. The van der Waals surface area contributed by atoms with Crippen LogP contribution in [0.15, 0.2) is 24.3 Å². The molecule has 0 spiro atoms. The van der Waals surface area contributed by atoms with E-state index < -0.39 is 10.8 Å². The highest BCUT2D eigenvalue weighted by atomic mass is 32.2. The average molecular weight is 227 g/mol. The smallest absolute Gasteiger partial charge is 0.120 e. The summed E-state index contributed by atoms with van der Waals surface area (Å²) < 4.78 is 11.1. The molecule has 2 unspecified atom stereocenters. The first-order chi connectivity index (χ1) is 7.11. The summed E-state index contributed by atoms with van der Waals surface area (Å²) in [6.07, 6.45) is 1.70. The molecule has 0 heterocycles. The van der Waals surface area contributed by atoms with E-state index in [1.54, 1.807) is 18.4 Å². The van der Waals surface area contributed by atoms with E-state index in [0.717, 1.165) is 5.56 Å². The largest absolute Gasteiger partial charge is 0.508 e. The maximum absolute atomic E-state index is 11.1. The predicted octanol–water partition coefficient (Wildman–Crippen LogP) is 1.25. The first-order valence-electron chi connectivity index (χ1n) is 4.91. The minimum atomic E-state index is -0.799. The summed E-state index contributed by atoms with van der Waals surface area (Å²) in [7, 11) is -0.799. The molecule has 0 radical (unpaired) electrons. The number of aromatic hydroxyl groups is 1. The van der Waals surface area contributed by atoms with Crippen molar-refractivity contribution in [3.8, 4) is 5.75 Å². The highest BCUT2D eigenvalue weighted by Crippen LogP contribution is 2.14. The monoisotopic (exact) mass is 227 g/mol. The Labute approximate surface area is 93.0 Å². The summed E-state index contributed by atoms with van der Waals surface area (Å²) >= 11 is 0. The first kappa shape index (κ1) is 12.2. The van der Waals surface area contributed by atoms with Gasteiger partial charge >= 0.3 is 0 Å². The van der Waals surface area contributed by atoms with Gasteiger partial charge in [0.2, 0.25) is 0 Å². The van der Waals surface area contributed by atoms with Crippen LogP contribution in [0.3, 0.4) is 0 Å². The number of hydrogen-bond acceptors (Lipinski definition) is 3. The molecular formula is C11H17NO2S. The van der Waals surface area contributed by atoms with Crippen LogP contribution in [0.4, 0.5) is 0 Å². The molecule has 0 aliphatic rings. The van der Waals surface area contributed by atoms with Crippen molar-refractivity contribution in [1.29, 1.82) is 0 Å². The van der Waals surface area contributed by atoms with Gasteiger partial charge in [-0.1, -0.05) is 18.2 Å². The zero-order chi connectivity index (χ0) is 11.3. The topological polar surface area (TPSA) is 49.3 Å². The second kappa shape index (κ2) is 5.88. The van der Waals surface area contributed by atoms with E-state index in [4.69, 9.17) is 0 Å². The molecule has 0 fully saturated rings. The Hall–Kier alpha value is -0.870. The van der Waals surface area contributed by atoms with Gasteiger partial charge in [-0.25, -0.2) is 0 Å². The molecule has 0 amide bonds. The van der Waals surface area contributed by atoms with Gasteiger partial charge in [0.05, 0.1) is 0 Å². The van der Waals surface area contributed by atoms with Crippen LogP contribution in [0, 0.1) is 0 Å². The van der Waals surface area contributed by atoms with Crippen LogP contribution in [0.25, 0.3) is 0 Å². The Morgan fingerprint density at radius 2 is 2.13 bits per heavy atom. The second-order valence-electron chi connectivity index (χ2n) is 3.57. The van der Waals surface area contributed by atoms with Crippen molar-refractivity contribution in [3.63, 3.8) is 0 Å². The fourth-order valence-corrected chi connectivity index (χ4v) is 1.54. The SMILES string of the molecule is CC(CNCc1ccccc1O)S(C)=O. The zero-order valence-electron chi connectivity index (χ0n) is 9.06. The lowest BCUT2D eigenvalue weighted by Crippen LogP contribution is -2.27. The van der Waals surface area contributed by atoms with Crippen LogP contribution >= 0.6 is 0 Å². The molecule has 0 saturated heterocycles. The minimum Gasteiger partial charge on any atom is -0.508 e. The molecule has 15 heavy (non-hydrogen) atoms. The number of hydrogen-bond donors (Lipinski definition) is 2. The van der Waals surface area contributed by atoms with Gasteiger partial charge in [0.25, 0.3) is 0 Å². The van der Waals surface area contributed by atoms with Gasteiger partial charge < -0.3 is 10.4 Å². The molecular weight excluding hydrogens is 210 g/mol. The second-order valence-corrected chi connectivity index (χ2v) is 5.37. The molecule has 0 bridgehead atoms. The number of phenolic OH excluding ortho intramolecular Hbond substituents is 1. The van der Waals surface area contributed by atoms with Gasteiger partial charge in [0.15, 0.2) is 0 Å². The highest BCUT2D eigenvalue weighted by molar-refractivity contribution is 7.84. The molecule has 1 aromatic rings. The molecule has 0 aliphatic heterocycles. The quantitative estimate of drug-likeness (QED) is 0.796. The Kier molecular flexibility index (Phi) is 4.78. The lowest BCUT2D eigenvalue weighted by molar-refractivity contribution is 0.464. The van der Waals surface area contributed by atoms with Crippen molar-refractivity contribution >= 4 is 10.8 Å². The van der Waals surface area contributed by atoms with Gasteiger partial charge in [-0.2, -0.15) is 0 Å². The zero-order valence-corrected chi connectivity index (χ0v) is 9.88. The summed E-state index contributed by atoms with van der Waals surface area (Å²) in [4.78, 5) is 0. The Bertz CT molecular complexity index is 341. The van der Waals surface area contributed by atoms with Gasteiger partial charge in [0.1, 0.15) is 5.75 Å². The fraction of sp³-hybridized carbons (Fsp3) is 0.455. The number of para-hydroxylation sites is 1. The predicted molar refractivity (Wildman–Crippen MR) is 63.3 cm³/mol. The normalized spacial score (nSPS) is 14.8. The standard InChI is InChI=1S/C11H17NO2S/c1-9(15(2)14)7-12-8-10-5-3-4-6-11(10)13/h3-6,9,12-13H,7-8H2,1-2H3. The summed E-state index contributed by atoms with van der Waals surface area (Å²) in [5.74, 6) is 0.301. The fourth-order valence-electron chi connectivity index (χ4n) is 1.19. The molecule has 2 atom stereocenters. The molecule has 1 aromatic carbocycles. The van der Waals surface area contributed by atoms with Crippen LogP contribution in [-0.2, 0) is 17.3 Å². The van der Waals surface area contributed by atoms with Gasteiger partial charge in [-0.05, 0) is 13.0 Å². The van der Waals surface area contributed by atoms with Crippen molar-refractivity contribution in [3.05, 3.63) is 29.8 Å². The van der Waals surface area contributed by atoms with Gasteiger partial charge in [-0.15, -0.1) is 0 Å². The average Bonchev–Trinajstić information content (AvgIpc) is 2.20. The first-order valence-corrected chi connectivity index (χ1v) is 6.53. The maximum Gasteiger partial charge on any atom is 0.120 e. The Balaban J connectivity index is 2.38. The molecule has 0 saturated carbocycles. The van der Waals surface area contributed by atoms with E-state index in [0.29, 0.717) is 18.8 Å². The number of benzene rings is 1. The van der Waals surface area contributed by atoms with Crippen molar-refractivity contribution < 1.29 is 9.32 Å². The van der Waals surface area contributed by atoms with Crippen molar-refractivity contribution in [2.24, 2.45) is 0 Å². The summed E-state index contributed by atoms with van der Waals surface area (Å²) in [6, 6.07) is 7.22. The van der Waals surface area contributed by atoms with Crippen LogP contribution in [0.2, 0.25) is 0 Å². The van der Waals surface area contributed by atoms with Crippen molar-refractivity contribution in [2.45, 2.75) is 18.7 Å². The van der Waals surface area contributed by atoms with Crippen LogP contribution in [-0.4, -0.2) is 27.4 Å². The van der Waals surface area contributed by atoms with Crippen molar-refractivity contribution in [1.82, 2.24) is 5.32 Å². The van der Waals surface area contributed by atoms with Crippen LogP contribution in [0.5, 0.6) is 5.75 Å². The minimum absolute atomic E-state index is 0.135. The molecule has 0 aromatic heterocycles. The van der Waals surface area contributed by atoms with Crippen molar-refractivity contribution in [2.75, 3.05) is 12.8 Å². The summed E-state index contributed by atoms with van der Waals surface area (Å²) in [5, 5.41) is 12.8. The lowest BCUT2D eigenvalue weighted by atomic mass is 10.2. The number of nitrogens with one attached hydrogen (secondary N) is 1. The Morgan fingerprint density at radius 3 is 2.73 bits per heavy atom. The molecule has 1 rings (SSSR count). The third-order valence-electron chi connectivity index (χ3n) is 2.31. The number of rotatable bonds is 5. The molecule has 4 heteroatoms. The third kappa shape index (κ3) is 4.01. The van der Waals surface area contributed by atoms with Gasteiger partial charge in [-0.3, -0.25) is 4.21 Å². The van der Waals surface area contributed by atoms with E-state index >= 15 is 0 Å². The lowest BCUT2D eigenvalue weighted by Gasteiger charge is -2.10. The molecule has 3 nitrogen and oxygen atoms in total. The van der Waals surface area contributed by atoms with E-state index in [2.05, 4.69) is 5.32 Å². The summed E-state index contributed by atoms with van der Waals surface area (Å²) in [5.41, 5.74) is 0.867. The van der Waals surface area contributed by atoms with E-state index in [1.807, 2.05) is 19.1 Å². The Morgan fingerprint density at radius 1 is 1.47 bits per heavy atom. The molecule has 0 aliphatic carbocycles. The summed E-state index contributed by atoms with van der Waals surface area (Å²) in [6.45, 7) is 3.24. The van der Waals surface area contributed by atoms with E-state index in [-0.39, 0.29) is 5.25 Å². The van der Waals surface area contributed by atoms with Crippen LogP contribution < -0.4 is 5.32 Å².